The number of para-hydroxylation sites is 1. The van der Waals surface area contributed by atoms with E-state index in [1.165, 1.54) is 41.6 Å². The van der Waals surface area contributed by atoms with E-state index in [-0.39, 0.29) is 0 Å². The lowest BCUT2D eigenvalue weighted by atomic mass is 9.86. The van der Waals surface area contributed by atoms with Crippen molar-refractivity contribution in [1.82, 2.24) is 0 Å². The summed E-state index contributed by atoms with van der Waals surface area (Å²) in [6.07, 6.45) is 4.80. The van der Waals surface area contributed by atoms with Crippen LogP contribution in [-0.2, 0) is 12.8 Å². The van der Waals surface area contributed by atoms with E-state index in [2.05, 4.69) is 60.8 Å². The van der Waals surface area contributed by atoms with Gasteiger partial charge in [0.15, 0.2) is 0 Å². The summed E-state index contributed by atoms with van der Waals surface area (Å²) in [5.41, 5.74) is 5.73. The Hall–Kier alpha value is -1.76. The number of anilines is 1. The lowest BCUT2D eigenvalue weighted by Gasteiger charge is -2.26. The van der Waals surface area contributed by atoms with Gasteiger partial charge in [0, 0.05) is 12.2 Å². The molecule has 1 atom stereocenters. The molecule has 0 bridgehead atoms. The molecule has 1 unspecified atom stereocenters. The van der Waals surface area contributed by atoms with Gasteiger partial charge in [0.05, 0.1) is 0 Å². The molecule has 20 heavy (non-hydrogen) atoms. The summed E-state index contributed by atoms with van der Waals surface area (Å²) in [6.45, 7) is 3.33. The number of nitrogens with one attached hydrogen (secondary N) is 1. The summed E-state index contributed by atoms with van der Waals surface area (Å²) in [7, 11) is 0. The fourth-order valence-electron chi connectivity index (χ4n) is 3.18. The molecule has 0 aliphatic carbocycles. The average molecular weight is 265 g/mol. The van der Waals surface area contributed by atoms with Gasteiger partial charge in [0.25, 0.3) is 0 Å². The number of hydrogen-bond acceptors (Lipinski definition) is 1. The zero-order valence-corrected chi connectivity index (χ0v) is 12.2. The van der Waals surface area contributed by atoms with Crippen molar-refractivity contribution in [2.75, 3.05) is 11.9 Å². The number of fused-ring (bicyclic) bond motifs is 1. The van der Waals surface area contributed by atoms with E-state index < -0.39 is 0 Å². The first-order valence-corrected chi connectivity index (χ1v) is 7.77. The minimum Gasteiger partial charge on any atom is -0.385 e. The van der Waals surface area contributed by atoms with Crippen LogP contribution in [0.15, 0.2) is 48.5 Å². The molecule has 0 aromatic heterocycles. The van der Waals surface area contributed by atoms with Crippen LogP contribution < -0.4 is 5.32 Å². The Kier molecular flexibility index (Phi) is 4.05. The monoisotopic (exact) mass is 265 g/mol. The van der Waals surface area contributed by atoms with Gasteiger partial charge in [-0.05, 0) is 47.9 Å². The number of hydrogen-bond donors (Lipinski definition) is 1. The zero-order chi connectivity index (χ0) is 13.8. The molecule has 2 aromatic rings. The van der Waals surface area contributed by atoms with E-state index in [1.807, 2.05) is 0 Å². The number of rotatable bonds is 4. The second-order valence-corrected chi connectivity index (χ2v) is 5.77. The average Bonchev–Trinajstić information content (AvgIpc) is 2.50. The topological polar surface area (TPSA) is 12.0 Å². The molecule has 1 nitrogen and oxygen atoms in total. The highest BCUT2D eigenvalue weighted by atomic mass is 14.9. The van der Waals surface area contributed by atoms with Crippen molar-refractivity contribution in [3.05, 3.63) is 65.2 Å². The van der Waals surface area contributed by atoms with E-state index >= 15 is 0 Å². The molecule has 0 saturated heterocycles. The Labute approximate surface area is 122 Å². The quantitative estimate of drug-likeness (QED) is 0.838. The SMILES string of the molecule is CCCc1ccc(CC2CCNc3ccccc32)cc1. The second kappa shape index (κ2) is 6.13. The summed E-state index contributed by atoms with van der Waals surface area (Å²) in [5, 5.41) is 3.50. The fraction of sp³-hybridized carbons (Fsp3) is 0.368. The molecule has 1 aliphatic heterocycles. The van der Waals surface area contributed by atoms with Crippen LogP contribution in [0.25, 0.3) is 0 Å². The summed E-state index contributed by atoms with van der Waals surface area (Å²) in [5.74, 6) is 0.657. The maximum absolute atomic E-state index is 3.50. The highest BCUT2D eigenvalue weighted by molar-refractivity contribution is 5.55. The van der Waals surface area contributed by atoms with Crippen molar-refractivity contribution in [2.45, 2.75) is 38.5 Å². The first-order valence-electron chi connectivity index (χ1n) is 7.77. The van der Waals surface area contributed by atoms with Crippen molar-refractivity contribution in [1.29, 1.82) is 0 Å². The van der Waals surface area contributed by atoms with E-state index in [9.17, 15) is 0 Å². The molecule has 0 amide bonds. The third kappa shape index (κ3) is 2.87. The summed E-state index contributed by atoms with van der Waals surface area (Å²) in [6, 6.07) is 18.0. The van der Waals surface area contributed by atoms with Crippen LogP contribution in [0.5, 0.6) is 0 Å². The van der Waals surface area contributed by atoms with Crippen molar-refractivity contribution in [3.63, 3.8) is 0 Å². The van der Waals surface area contributed by atoms with Gasteiger partial charge in [0.2, 0.25) is 0 Å². The molecule has 104 valence electrons. The lowest BCUT2D eigenvalue weighted by Crippen LogP contribution is -2.18. The van der Waals surface area contributed by atoms with Crippen LogP contribution in [0.1, 0.15) is 42.4 Å². The van der Waals surface area contributed by atoms with Gasteiger partial charge in [-0.2, -0.15) is 0 Å². The largest absolute Gasteiger partial charge is 0.385 e. The first-order chi connectivity index (χ1) is 9.86. The van der Waals surface area contributed by atoms with Gasteiger partial charge < -0.3 is 5.32 Å². The van der Waals surface area contributed by atoms with Crippen LogP contribution in [-0.4, -0.2) is 6.54 Å². The van der Waals surface area contributed by atoms with Gasteiger partial charge in [-0.3, -0.25) is 0 Å². The van der Waals surface area contributed by atoms with Crippen LogP contribution >= 0.6 is 0 Å². The second-order valence-electron chi connectivity index (χ2n) is 5.77. The van der Waals surface area contributed by atoms with E-state index in [0.29, 0.717) is 5.92 Å². The predicted octanol–water partition coefficient (Wildman–Crippen LogP) is 4.78. The van der Waals surface area contributed by atoms with Gasteiger partial charge >= 0.3 is 0 Å². The maximum atomic E-state index is 3.50. The molecule has 1 aliphatic rings. The van der Waals surface area contributed by atoms with Crippen LogP contribution in [0, 0.1) is 0 Å². The minimum atomic E-state index is 0.657. The van der Waals surface area contributed by atoms with E-state index in [0.717, 1.165) is 13.0 Å². The Morgan fingerprint density at radius 1 is 1.00 bits per heavy atom. The molecule has 1 heteroatoms. The minimum absolute atomic E-state index is 0.657. The molecule has 0 saturated carbocycles. The Morgan fingerprint density at radius 3 is 2.55 bits per heavy atom. The molecule has 2 aromatic carbocycles. The Balaban J connectivity index is 1.75. The Morgan fingerprint density at radius 2 is 1.75 bits per heavy atom. The van der Waals surface area contributed by atoms with Crippen LogP contribution in [0.4, 0.5) is 5.69 Å². The highest BCUT2D eigenvalue weighted by Crippen LogP contribution is 2.33. The van der Waals surface area contributed by atoms with E-state index in [4.69, 9.17) is 0 Å². The zero-order valence-electron chi connectivity index (χ0n) is 12.2. The van der Waals surface area contributed by atoms with Gasteiger partial charge in [-0.1, -0.05) is 55.8 Å². The molecule has 1 heterocycles. The third-order valence-electron chi connectivity index (χ3n) is 4.25. The summed E-state index contributed by atoms with van der Waals surface area (Å²) in [4.78, 5) is 0. The molecule has 0 radical (unpaired) electrons. The molecular weight excluding hydrogens is 242 g/mol. The lowest BCUT2D eigenvalue weighted by molar-refractivity contribution is 0.624. The number of benzene rings is 2. The van der Waals surface area contributed by atoms with Gasteiger partial charge in [-0.15, -0.1) is 0 Å². The molecular formula is C19H23N. The van der Waals surface area contributed by atoms with Crippen molar-refractivity contribution in [3.8, 4) is 0 Å². The van der Waals surface area contributed by atoms with Gasteiger partial charge in [0.1, 0.15) is 0 Å². The molecule has 1 N–H and O–H groups in total. The molecule has 3 rings (SSSR count). The third-order valence-corrected chi connectivity index (χ3v) is 4.25. The first kappa shape index (κ1) is 13.2. The summed E-state index contributed by atoms with van der Waals surface area (Å²) < 4.78 is 0. The fourth-order valence-corrected chi connectivity index (χ4v) is 3.18. The molecule has 0 spiro atoms. The standard InChI is InChI=1S/C19H23N/c1-2-5-15-8-10-16(11-9-15)14-17-12-13-20-19-7-4-3-6-18(17)19/h3-4,6-11,17,20H,2,5,12-14H2,1H3. The van der Waals surface area contributed by atoms with E-state index in [1.54, 1.807) is 0 Å². The smallest absolute Gasteiger partial charge is 0.0375 e. The van der Waals surface area contributed by atoms with Crippen LogP contribution in [0.3, 0.4) is 0 Å². The van der Waals surface area contributed by atoms with Crippen LogP contribution in [0.2, 0.25) is 0 Å². The number of aryl methyl sites for hydroxylation is 1. The highest BCUT2D eigenvalue weighted by Gasteiger charge is 2.19. The Bertz CT molecular complexity index is 556. The molecule has 0 fully saturated rings. The van der Waals surface area contributed by atoms with Crippen molar-refractivity contribution >= 4 is 5.69 Å². The maximum Gasteiger partial charge on any atom is 0.0375 e. The van der Waals surface area contributed by atoms with Crippen molar-refractivity contribution < 1.29 is 0 Å². The van der Waals surface area contributed by atoms with Gasteiger partial charge in [-0.25, -0.2) is 0 Å². The van der Waals surface area contributed by atoms with Crippen molar-refractivity contribution in [2.24, 2.45) is 0 Å². The normalized spacial score (nSPS) is 17.4. The predicted molar refractivity (Wildman–Crippen MR) is 86.4 cm³/mol. The summed E-state index contributed by atoms with van der Waals surface area (Å²) >= 11 is 0.